The number of carbonyl (C=O) groups is 2. The van der Waals surface area contributed by atoms with Crippen LogP contribution in [0.3, 0.4) is 0 Å². The van der Waals surface area contributed by atoms with E-state index in [1.807, 2.05) is 30.3 Å². The molecule has 1 saturated carbocycles. The van der Waals surface area contributed by atoms with Crippen LogP contribution < -0.4 is 5.32 Å². The number of esters is 1. The van der Waals surface area contributed by atoms with E-state index in [0.29, 0.717) is 4.88 Å². The standard InChI is InChI=1S/C17H19NO3S/c1-11(16(19)18-13-7-3-4-8-13)21-17(20)15-10-12-6-2-5-9-14(12)22-15/h2,5-6,9-11,13H,3-4,7-8H2,1H3,(H,18,19). The van der Waals surface area contributed by atoms with Gasteiger partial charge in [-0.3, -0.25) is 4.79 Å². The van der Waals surface area contributed by atoms with Gasteiger partial charge in [-0.25, -0.2) is 4.79 Å². The van der Waals surface area contributed by atoms with Crippen molar-refractivity contribution >= 4 is 33.3 Å². The first kappa shape index (κ1) is 15.0. The van der Waals surface area contributed by atoms with Crippen molar-refractivity contribution in [3.63, 3.8) is 0 Å². The molecule has 1 fully saturated rings. The average Bonchev–Trinajstić information content (AvgIpc) is 3.15. The van der Waals surface area contributed by atoms with Gasteiger partial charge >= 0.3 is 5.97 Å². The smallest absolute Gasteiger partial charge is 0.349 e. The number of nitrogens with one attached hydrogen (secondary N) is 1. The molecule has 1 unspecified atom stereocenters. The number of amides is 1. The van der Waals surface area contributed by atoms with Crippen molar-refractivity contribution in [3.8, 4) is 0 Å². The summed E-state index contributed by atoms with van der Waals surface area (Å²) in [4.78, 5) is 24.8. The summed E-state index contributed by atoms with van der Waals surface area (Å²) < 4.78 is 6.34. The second-order valence-electron chi connectivity index (χ2n) is 5.69. The minimum atomic E-state index is -0.765. The first-order chi connectivity index (χ1) is 10.6. The fourth-order valence-electron chi connectivity index (χ4n) is 2.74. The molecule has 1 aliphatic carbocycles. The lowest BCUT2D eigenvalue weighted by Crippen LogP contribution is -2.40. The molecular weight excluding hydrogens is 298 g/mol. The van der Waals surface area contributed by atoms with Crippen LogP contribution in [-0.4, -0.2) is 24.0 Å². The lowest BCUT2D eigenvalue weighted by atomic mass is 10.2. The zero-order valence-electron chi connectivity index (χ0n) is 12.5. The maximum Gasteiger partial charge on any atom is 0.349 e. The third-order valence-corrected chi connectivity index (χ3v) is 5.08. The summed E-state index contributed by atoms with van der Waals surface area (Å²) in [5.74, 6) is -0.642. The molecule has 2 aromatic rings. The highest BCUT2D eigenvalue weighted by Crippen LogP contribution is 2.26. The Morgan fingerprint density at radius 1 is 1.27 bits per heavy atom. The van der Waals surface area contributed by atoms with Gasteiger partial charge in [-0.1, -0.05) is 31.0 Å². The molecule has 116 valence electrons. The van der Waals surface area contributed by atoms with Crippen molar-refractivity contribution in [1.82, 2.24) is 5.32 Å². The predicted octanol–water partition coefficient (Wildman–Crippen LogP) is 3.51. The topological polar surface area (TPSA) is 55.4 Å². The minimum absolute atomic E-state index is 0.207. The van der Waals surface area contributed by atoms with Gasteiger partial charge in [-0.2, -0.15) is 0 Å². The average molecular weight is 317 g/mol. The molecule has 1 atom stereocenters. The number of benzene rings is 1. The van der Waals surface area contributed by atoms with E-state index in [4.69, 9.17) is 4.74 Å². The molecule has 0 spiro atoms. The Morgan fingerprint density at radius 3 is 2.73 bits per heavy atom. The number of carbonyl (C=O) groups excluding carboxylic acids is 2. The molecule has 1 heterocycles. The largest absolute Gasteiger partial charge is 0.448 e. The van der Waals surface area contributed by atoms with Gasteiger partial charge in [0.05, 0.1) is 0 Å². The summed E-state index contributed by atoms with van der Waals surface area (Å²) in [6.07, 6.45) is 3.58. The van der Waals surface area contributed by atoms with Crippen LogP contribution >= 0.6 is 11.3 Å². The summed E-state index contributed by atoms with van der Waals surface area (Å²) in [5, 5.41) is 3.97. The van der Waals surface area contributed by atoms with Crippen LogP contribution in [0.2, 0.25) is 0 Å². The summed E-state index contributed by atoms with van der Waals surface area (Å²) >= 11 is 1.39. The molecule has 0 radical (unpaired) electrons. The highest BCUT2D eigenvalue weighted by molar-refractivity contribution is 7.20. The number of hydrogen-bond acceptors (Lipinski definition) is 4. The van der Waals surface area contributed by atoms with Gasteiger partial charge in [0.25, 0.3) is 5.91 Å². The van der Waals surface area contributed by atoms with Gasteiger partial charge in [-0.15, -0.1) is 11.3 Å². The van der Waals surface area contributed by atoms with Gasteiger partial charge < -0.3 is 10.1 Å². The van der Waals surface area contributed by atoms with E-state index < -0.39 is 12.1 Å². The molecule has 3 rings (SSSR count). The van der Waals surface area contributed by atoms with E-state index in [-0.39, 0.29) is 11.9 Å². The number of fused-ring (bicyclic) bond motifs is 1. The van der Waals surface area contributed by atoms with Crippen molar-refractivity contribution in [2.24, 2.45) is 0 Å². The predicted molar refractivity (Wildman–Crippen MR) is 87.1 cm³/mol. The third-order valence-electron chi connectivity index (χ3n) is 3.98. The summed E-state index contributed by atoms with van der Waals surface area (Å²) in [6.45, 7) is 1.62. The highest BCUT2D eigenvalue weighted by atomic mass is 32.1. The Labute approximate surface area is 133 Å². The van der Waals surface area contributed by atoms with Crippen LogP contribution in [0.25, 0.3) is 10.1 Å². The normalized spacial score (nSPS) is 16.6. The van der Waals surface area contributed by atoms with Crippen molar-refractivity contribution in [2.75, 3.05) is 0 Å². The van der Waals surface area contributed by atoms with Crippen molar-refractivity contribution < 1.29 is 14.3 Å². The molecule has 4 nitrogen and oxygen atoms in total. The van der Waals surface area contributed by atoms with Crippen molar-refractivity contribution in [1.29, 1.82) is 0 Å². The van der Waals surface area contributed by atoms with Crippen LogP contribution in [0.1, 0.15) is 42.3 Å². The molecule has 5 heteroatoms. The maximum absolute atomic E-state index is 12.2. The molecule has 1 aromatic carbocycles. The Bertz CT molecular complexity index is 655. The monoisotopic (exact) mass is 317 g/mol. The van der Waals surface area contributed by atoms with E-state index in [1.54, 1.807) is 6.92 Å². The Morgan fingerprint density at radius 2 is 2.00 bits per heavy atom. The van der Waals surface area contributed by atoms with E-state index in [1.165, 1.54) is 11.3 Å². The van der Waals surface area contributed by atoms with E-state index >= 15 is 0 Å². The summed E-state index contributed by atoms with van der Waals surface area (Å²) in [6, 6.07) is 9.83. The summed E-state index contributed by atoms with van der Waals surface area (Å²) in [7, 11) is 0. The van der Waals surface area contributed by atoms with Gasteiger partial charge in [0.1, 0.15) is 4.88 Å². The minimum Gasteiger partial charge on any atom is -0.448 e. The maximum atomic E-state index is 12.2. The zero-order valence-corrected chi connectivity index (χ0v) is 13.3. The van der Waals surface area contributed by atoms with E-state index in [2.05, 4.69) is 5.32 Å². The highest BCUT2D eigenvalue weighted by Gasteiger charge is 2.24. The molecule has 0 saturated heterocycles. The fraction of sp³-hybridized carbons (Fsp3) is 0.412. The second-order valence-corrected chi connectivity index (χ2v) is 6.77. The molecule has 0 bridgehead atoms. The molecule has 1 aromatic heterocycles. The van der Waals surface area contributed by atoms with Gasteiger partial charge in [0.2, 0.25) is 0 Å². The van der Waals surface area contributed by atoms with Gasteiger partial charge in [0, 0.05) is 10.7 Å². The number of hydrogen-bond donors (Lipinski definition) is 1. The first-order valence-corrected chi connectivity index (χ1v) is 8.45. The molecule has 0 aliphatic heterocycles. The Hall–Kier alpha value is -1.88. The molecule has 22 heavy (non-hydrogen) atoms. The van der Waals surface area contributed by atoms with Crippen molar-refractivity contribution in [2.45, 2.75) is 44.8 Å². The molecular formula is C17H19NO3S. The lowest BCUT2D eigenvalue weighted by Gasteiger charge is -2.16. The molecule has 1 aliphatic rings. The van der Waals surface area contributed by atoms with E-state index in [0.717, 1.165) is 35.8 Å². The SMILES string of the molecule is CC(OC(=O)c1cc2ccccc2s1)C(=O)NC1CCCC1. The van der Waals surface area contributed by atoms with Gasteiger partial charge in [0.15, 0.2) is 6.10 Å². The van der Waals surface area contributed by atoms with Crippen LogP contribution in [0.5, 0.6) is 0 Å². The Balaban J connectivity index is 1.61. The quantitative estimate of drug-likeness (QED) is 0.878. The summed E-state index contributed by atoms with van der Waals surface area (Å²) in [5.41, 5.74) is 0. The zero-order chi connectivity index (χ0) is 15.5. The van der Waals surface area contributed by atoms with Crippen LogP contribution in [-0.2, 0) is 9.53 Å². The number of thiophene rings is 1. The van der Waals surface area contributed by atoms with Crippen LogP contribution in [0.4, 0.5) is 0 Å². The Kier molecular flexibility index (Phi) is 4.43. The second kappa shape index (κ2) is 6.48. The van der Waals surface area contributed by atoms with E-state index in [9.17, 15) is 9.59 Å². The van der Waals surface area contributed by atoms with Crippen molar-refractivity contribution in [3.05, 3.63) is 35.2 Å². The van der Waals surface area contributed by atoms with Gasteiger partial charge in [-0.05, 0) is 37.3 Å². The lowest BCUT2D eigenvalue weighted by molar-refractivity contribution is -0.129. The first-order valence-electron chi connectivity index (χ1n) is 7.63. The molecule has 1 amide bonds. The third kappa shape index (κ3) is 3.30. The fourth-order valence-corrected chi connectivity index (χ4v) is 3.69. The number of ether oxygens (including phenoxy) is 1. The molecule has 1 N–H and O–H groups in total. The van der Waals surface area contributed by atoms with Crippen LogP contribution in [0.15, 0.2) is 30.3 Å². The van der Waals surface area contributed by atoms with Crippen LogP contribution in [0, 0.1) is 0 Å². The number of rotatable bonds is 4.